The Hall–Kier alpha value is -0.670. The lowest BCUT2D eigenvalue weighted by Crippen LogP contribution is -2.32. The molecule has 1 nitrogen and oxygen atoms in total. The highest BCUT2D eigenvalue weighted by Crippen LogP contribution is 2.21. The average molecular weight is 328 g/mol. The minimum Gasteiger partial charge on any atom is -0.201 e. The Kier molecular flexibility index (Phi) is 3.54. The van der Waals surface area contributed by atoms with Crippen LogP contribution < -0.4 is 4.57 Å². The summed E-state index contributed by atoms with van der Waals surface area (Å²) in [4.78, 5) is 0. The van der Waals surface area contributed by atoms with Crippen molar-refractivity contribution in [3.8, 4) is 0 Å². The number of pyridine rings is 1. The zero-order valence-electron chi connectivity index (χ0n) is 8.03. The Morgan fingerprint density at radius 1 is 1.00 bits per heavy atom. The molecule has 2 aromatic rings. The molecule has 2 rings (SSSR count). The molecule has 15 heavy (non-hydrogen) atoms. The van der Waals surface area contributed by atoms with E-state index >= 15 is 0 Å². The maximum Gasteiger partial charge on any atom is 0.174 e. The highest BCUT2D eigenvalue weighted by atomic mass is 79.9. The lowest BCUT2D eigenvalue weighted by Gasteiger charge is -2.01. The van der Waals surface area contributed by atoms with Gasteiger partial charge < -0.3 is 0 Å². The highest BCUT2D eigenvalue weighted by molar-refractivity contribution is 9.11. The minimum absolute atomic E-state index is 0.884. The van der Waals surface area contributed by atoms with Crippen LogP contribution in [0.1, 0.15) is 5.56 Å². The van der Waals surface area contributed by atoms with Gasteiger partial charge in [-0.25, -0.2) is 4.57 Å². The van der Waals surface area contributed by atoms with Crippen molar-refractivity contribution in [2.75, 3.05) is 0 Å². The van der Waals surface area contributed by atoms with Crippen LogP contribution in [0.15, 0.2) is 57.7 Å². The lowest BCUT2D eigenvalue weighted by atomic mass is 10.2. The number of nitrogens with zero attached hydrogens (tertiary/aromatic N) is 1. The van der Waals surface area contributed by atoms with Gasteiger partial charge in [-0.15, -0.1) is 0 Å². The third-order valence-electron chi connectivity index (χ3n) is 2.15. The van der Waals surface area contributed by atoms with Crippen molar-refractivity contribution in [2.24, 2.45) is 0 Å². The summed E-state index contributed by atoms with van der Waals surface area (Å²) in [5, 5.41) is 0. The van der Waals surface area contributed by atoms with Gasteiger partial charge in [-0.1, -0.05) is 44.0 Å². The van der Waals surface area contributed by atoms with Gasteiger partial charge in [0.25, 0.3) is 0 Å². The van der Waals surface area contributed by atoms with E-state index in [1.165, 1.54) is 5.56 Å². The molecule has 0 saturated carbocycles. The topological polar surface area (TPSA) is 3.88 Å². The summed E-state index contributed by atoms with van der Waals surface area (Å²) in [6, 6.07) is 12.3. The summed E-state index contributed by atoms with van der Waals surface area (Å²) >= 11 is 7.01. The third-order valence-corrected chi connectivity index (χ3v) is 3.38. The van der Waals surface area contributed by atoms with Crippen molar-refractivity contribution in [2.45, 2.75) is 6.54 Å². The van der Waals surface area contributed by atoms with E-state index in [1.54, 1.807) is 0 Å². The molecule has 0 fully saturated rings. The van der Waals surface area contributed by atoms with Crippen LogP contribution in [0.25, 0.3) is 0 Å². The second kappa shape index (κ2) is 4.90. The molecule has 0 aliphatic carbocycles. The molecule has 3 heteroatoms. The molecule has 0 unspecified atom stereocenters. The molecular weight excluding hydrogens is 318 g/mol. The van der Waals surface area contributed by atoms with Crippen molar-refractivity contribution in [3.05, 3.63) is 63.3 Å². The first kappa shape index (κ1) is 10.8. The Labute approximate surface area is 106 Å². The molecule has 76 valence electrons. The standard InChI is InChI=1S/C12H10Br2N/c13-11-5-4-10(12(14)8-11)9-15-6-2-1-3-7-15/h1-8H,9H2/q+1. The second-order valence-electron chi connectivity index (χ2n) is 3.28. The summed E-state index contributed by atoms with van der Waals surface area (Å²) < 4.78 is 4.37. The fourth-order valence-electron chi connectivity index (χ4n) is 1.39. The molecule has 0 atom stereocenters. The molecule has 0 aliphatic rings. The number of halogens is 2. The van der Waals surface area contributed by atoms with Crippen LogP contribution in [0.5, 0.6) is 0 Å². The largest absolute Gasteiger partial charge is 0.201 e. The molecule has 0 saturated heterocycles. The van der Waals surface area contributed by atoms with E-state index < -0.39 is 0 Å². The van der Waals surface area contributed by atoms with Crippen LogP contribution in [0.4, 0.5) is 0 Å². The third kappa shape index (κ3) is 2.89. The SMILES string of the molecule is Brc1ccc(C[n+]2ccccc2)c(Br)c1. The summed E-state index contributed by atoms with van der Waals surface area (Å²) in [6.07, 6.45) is 4.13. The van der Waals surface area contributed by atoms with Crippen LogP contribution in [-0.4, -0.2) is 0 Å². The van der Waals surface area contributed by atoms with E-state index in [4.69, 9.17) is 0 Å². The van der Waals surface area contributed by atoms with Gasteiger partial charge in [-0.2, -0.15) is 0 Å². The van der Waals surface area contributed by atoms with Gasteiger partial charge in [0.15, 0.2) is 18.9 Å². The quantitative estimate of drug-likeness (QED) is 0.743. The molecule has 1 aromatic carbocycles. The maximum absolute atomic E-state index is 3.56. The van der Waals surface area contributed by atoms with Crippen LogP contribution in [0.2, 0.25) is 0 Å². The smallest absolute Gasteiger partial charge is 0.174 e. The minimum atomic E-state index is 0.884. The van der Waals surface area contributed by atoms with E-state index in [0.717, 1.165) is 15.5 Å². The molecule has 0 spiro atoms. The number of rotatable bonds is 2. The van der Waals surface area contributed by atoms with Crippen LogP contribution in [0, 0.1) is 0 Å². The molecule has 0 bridgehead atoms. The molecule has 0 radical (unpaired) electrons. The van der Waals surface area contributed by atoms with Gasteiger partial charge in [-0.3, -0.25) is 0 Å². The molecule has 1 heterocycles. The van der Waals surface area contributed by atoms with E-state index in [-0.39, 0.29) is 0 Å². The number of benzene rings is 1. The number of hydrogen-bond acceptors (Lipinski definition) is 0. The second-order valence-corrected chi connectivity index (χ2v) is 5.05. The van der Waals surface area contributed by atoms with Gasteiger partial charge in [0.2, 0.25) is 0 Å². The predicted molar refractivity (Wildman–Crippen MR) is 67.6 cm³/mol. The van der Waals surface area contributed by atoms with Crippen LogP contribution in [0.3, 0.4) is 0 Å². The van der Waals surface area contributed by atoms with Crippen molar-refractivity contribution >= 4 is 31.9 Å². The fraction of sp³-hybridized carbons (Fsp3) is 0.0833. The normalized spacial score (nSPS) is 10.3. The zero-order chi connectivity index (χ0) is 10.7. The fourth-order valence-corrected chi connectivity index (χ4v) is 2.56. The molecule has 0 N–H and O–H groups in total. The summed E-state index contributed by atoms with van der Waals surface area (Å²) in [7, 11) is 0. The molecule has 1 aromatic heterocycles. The summed E-state index contributed by atoms with van der Waals surface area (Å²) in [5.41, 5.74) is 1.27. The van der Waals surface area contributed by atoms with Gasteiger partial charge >= 0.3 is 0 Å². The van der Waals surface area contributed by atoms with Crippen molar-refractivity contribution in [1.29, 1.82) is 0 Å². The van der Waals surface area contributed by atoms with Gasteiger partial charge in [0.05, 0.1) is 0 Å². The number of hydrogen-bond donors (Lipinski definition) is 0. The Balaban J connectivity index is 2.25. The highest BCUT2D eigenvalue weighted by Gasteiger charge is 2.05. The van der Waals surface area contributed by atoms with Crippen molar-refractivity contribution in [1.82, 2.24) is 0 Å². The van der Waals surface area contributed by atoms with E-state index in [9.17, 15) is 0 Å². The van der Waals surface area contributed by atoms with Crippen LogP contribution in [-0.2, 0) is 6.54 Å². The van der Waals surface area contributed by atoms with E-state index in [2.05, 4.69) is 67.0 Å². The Bertz CT molecular complexity index is 454. The van der Waals surface area contributed by atoms with E-state index in [1.807, 2.05) is 18.2 Å². The molecular formula is C12H10Br2N+. The van der Waals surface area contributed by atoms with Crippen molar-refractivity contribution in [3.63, 3.8) is 0 Å². The number of aromatic nitrogens is 1. The summed E-state index contributed by atoms with van der Waals surface area (Å²) in [5.74, 6) is 0. The predicted octanol–water partition coefficient (Wildman–Crippen LogP) is 3.55. The molecule has 0 aliphatic heterocycles. The average Bonchev–Trinajstić information content (AvgIpc) is 2.24. The summed E-state index contributed by atoms with van der Waals surface area (Å²) in [6.45, 7) is 0.884. The first-order valence-corrected chi connectivity index (χ1v) is 6.22. The first-order valence-electron chi connectivity index (χ1n) is 4.64. The van der Waals surface area contributed by atoms with Gasteiger partial charge in [0, 0.05) is 26.6 Å². The van der Waals surface area contributed by atoms with Gasteiger partial charge in [0.1, 0.15) is 0 Å². The first-order chi connectivity index (χ1) is 7.25. The lowest BCUT2D eigenvalue weighted by molar-refractivity contribution is -0.688. The van der Waals surface area contributed by atoms with Crippen LogP contribution >= 0.6 is 31.9 Å². The van der Waals surface area contributed by atoms with Crippen molar-refractivity contribution < 1.29 is 4.57 Å². The monoisotopic (exact) mass is 326 g/mol. The Morgan fingerprint density at radius 3 is 2.40 bits per heavy atom. The molecule has 0 amide bonds. The zero-order valence-corrected chi connectivity index (χ0v) is 11.2. The van der Waals surface area contributed by atoms with Gasteiger partial charge in [-0.05, 0) is 12.1 Å². The Morgan fingerprint density at radius 2 is 1.73 bits per heavy atom. The maximum atomic E-state index is 3.56. The van der Waals surface area contributed by atoms with E-state index in [0.29, 0.717) is 0 Å².